The van der Waals surface area contributed by atoms with Crippen molar-refractivity contribution in [3.05, 3.63) is 34.3 Å². The molecule has 2 nitrogen and oxygen atoms in total. The summed E-state index contributed by atoms with van der Waals surface area (Å²) in [6, 6.07) is 9.66. The minimum atomic E-state index is -1.08. The molecule has 0 aliphatic carbocycles. The van der Waals surface area contributed by atoms with Crippen molar-refractivity contribution < 1.29 is 5.11 Å². The molecule has 0 aromatic heterocycles. The highest BCUT2D eigenvalue weighted by molar-refractivity contribution is 9.10. The lowest BCUT2D eigenvalue weighted by Gasteiger charge is -2.28. The lowest BCUT2D eigenvalue weighted by Crippen LogP contribution is -2.30. The SMILES string of the molecule is CCCC(C#N)C(C)(O)c1ccc(Br)cc1. The van der Waals surface area contributed by atoms with Crippen molar-refractivity contribution >= 4 is 15.9 Å². The predicted octanol–water partition coefficient (Wildman–Crippen LogP) is 3.60. The highest BCUT2D eigenvalue weighted by atomic mass is 79.9. The maximum Gasteiger partial charge on any atom is 0.103 e. The molecular weight excluding hydrogens is 266 g/mol. The monoisotopic (exact) mass is 281 g/mol. The lowest BCUT2D eigenvalue weighted by molar-refractivity contribution is 0.0130. The van der Waals surface area contributed by atoms with Gasteiger partial charge in [0.05, 0.1) is 12.0 Å². The smallest absolute Gasteiger partial charge is 0.103 e. The molecule has 0 aliphatic heterocycles. The Kier molecular flexibility index (Phi) is 4.52. The number of nitriles is 1. The van der Waals surface area contributed by atoms with Crippen molar-refractivity contribution in [1.82, 2.24) is 0 Å². The van der Waals surface area contributed by atoms with E-state index in [2.05, 4.69) is 22.0 Å². The van der Waals surface area contributed by atoms with E-state index in [9.17, 15) is 5.11 Å². The van der Waals surface area contributed by atoms with E-state index in [-0.39, 0.29) is 5.92 Å². The van der Waals surface area contributed by atoms with Gasteiger partial charge in [-0.25, -0.2) is 0 Å². The van der Waals surface area contributed by atoms with Gasteiger partial charge in [-0.1, -0.05) is 41.4 Å². The molecule has 2 atom stereocenters. The third-order valence-electron chi connectivity index (χ3n) is 2.84. The second kappa shape index (κ2) is 5.47. The van der Waals surface area contributed by atoms with E-state index in [0.29, 0.717) is 6.42 Å². The van der Waals surface area contributed by atoms with Crippen LogP contribution < -0.4 is 0 Å². The molecule has 1 rings (SSSR count). The zero-order valence-electron chi connectivity index (χ0n) is 9.57. The maximum absolute atomic E-state index is 10.4. The molecule has 0 fully saturated rings. The zero-order chi connectivity index (χ0) is 12.2. The second-order valence-corrected chi connectivity index (χ2v) is 5.04. The molecular formula is C13H16BrNO. The number of aliphatic hydroxyl groups is 1. The van der Waals surface area contributed by atoms with Crippen molar-refractivity contribution in [2.24, 2.45) is 5.92 Å². The molecule has 1 aromatic carbocycles. The molecule has 0 saturated heterocycles. The Balaban J connectivity index is 3.00. The summed E-state index contributed by atoms with van der Waals surface area (Å²) < 4.78 is 0.969. The number of halogens is 1. The van der Waals surface area contributed by atoms with Crippen molar-refractivity contribution in [3.63, 3.8) is 0 Å². The fourth-order valence-electron chi connectivity index (χ4n) is 1.75. The van der Waals surface area contributed by atoms with Crippen LogP contribution in [0.25, 0.3) is 0 Å². The van der Waals surface area contributed by atoms with Crippen LogP contribution in [-0.4, -0.2) is 5.11 Å². The maximum atomic E-state index is 10.4. The minimum absolute atomic E-state index is 0.362. The summed E-state index contributed by atoms with van der Waals surface area (Å²) in [6.45, 7) is 3.72. The summed E-state index contributed by atoms with van der Waals surface area (Å²) in [5.74, 6) is -0.362. The van der Waals surface area contributed by atoms with Gasteiger partial charge in [-0.15, -0.1) is 0 Å². The fourth-order valence-corrected chi connectivity index (χ4v) is 2.01. The Bertz CT molecular complexity index is 378. The molecule has 0 bridgehead atoms. The highest BCUT2D eigenvalue weighted by Gasteiger charge is 2.33. The number of hydrogen-bond donors (Lipinski definition) is 1. The molecule has 86 valence electrons. The van der Waals surface area contributed by atoms with E-state index in [1.54, 1.807) is 6.92 Å². The van der Waals surface area contributed by atoms with Gasteiger partial charge in [0.25, 0.3) is 0 Å². The van der Waals surface area contributed by atoms with Crippen LogP contribution in [0.5, 0.6) is 0 Å². The molecule has 0 saturated carbocycles. The van der Waals surface area contributed by atoms with Gasteiger partial charge in [-0.05, 0) is 31.0 Å². The molecule has 0 radical (unpaired) electrons. The van der Waals surface area contributed by atoms with Gasteiger partial charge in [0, 0.05) is 4.47 Å². The Hall–Kier alpha value is -0.850. The van der Waals surface area contributed by atoms with Crippen LogP contribution in [-0.2, 0) is 5.60 Å². The summed E-state index contributed by atoms with van der Waals surface area (Å²) in [4.78, 5) is 0. The van der Waals surface area contributed by atoms with E-state index in [1.807, 2.05) is 31.2 Å². The first-order valence-corrected chi connectivity index (χ1v) is 6.19. The minimum Gasteiger partial charge on any atom is -0.384 e. The molecule has 2 unspecified atom stereocenters. The van der Waals surface area contributed by atoms with Gasteiger partial charge in [-0.2, -0.15) is 5.26 Å². The van der Waals surface area contributed by atoms with Crippen LogP contribution in [0.4, 0.5) is 0 Å². The molecule has 1 N–H and O–H groups in total. The van der Waals surface area contributed by atoms with Crippen LogP contribution >= 0.6 is 15.9 Å². The standard InChI is InChI=1S/C13H16BrNO/c1-3-4-11(9-15)13(2,16)10-5-7-12(14)8-6-10/h5-8,11,16H,3-4H2,1-2H3. The summed E-state index contributed by atoms with van der Waals surface area (Å²) >= 11 is 3.35. The topological polar surface area (TPSA) is 44.0 Å². The first-order chi connectivity index (χ1) is 7.52. The Labute approximate surface area is 105 Å². The van der Waals surface area contributed by atoms with Crippen molar-refractivity contribution in [2.75, 3.05) is 0 Å². The van der Waals surface area contributed by atoms with Crippen LogP contribution in [0.1, 0.15) is 32.3 Å². The largest absolute Gasteiger partial charge is 0.384 e. The molecule has 0 amide bonds. The normalized spacial score (nSPS) is 16.2. The highest BCUT2D eigenvalue weighted by Crippen LogP contribution is 2.32. The summed E-state index contributed by atoms with van der Waals surface area (Å²) in [7, 11) is 0. The summed E-state index contributed by atoms with van der Waals surface area (Å²) in [5, 5.41) is 19.5. The fraction of sp³-hybridized carbons (Fsp3) is 0.462. The Morgan fingerprint density at radius 1 is 1.44 bits per heavy atom. The third kappa shape index (κ3) is 2.84. The van der Waals surface area contributed by atoms with Gasteiger partial charge in [0.15, 0.2) is 0 Å². The van der Waals surface area contributed by atoms with Gasteiger partial charge >= 0.3 is 0 Å². The number of hydrogen-bond acceptors (Lipinski definition) is 2. The van der Waals surface area contributed by atoms with Crippen LogP contribution in [0, 0.1) is 17.2 Å². The van der Waals surface area contributed by atoms with Crippen molar-refractivity contribution in [1.29, 1.82) is 5.26 Å². The molecule has 0 aliphatic rings. The Morgan fingerprint density at radius 2 is 2.00 bits per heavy atom. The van der Waals surface area contributed by atoms with Crippen LogP contribution in [0.15, 0.2) is 28.7 Å². The van der Waals surface area contributed by atoms with Crippen LogP contribution in [0.3, 0.4) is 0 Å². The number of rotatable bonds is 4. The van der Waals surface area contributed by atoms with E-state index >= 15 is 0 Å². The molecule has 3 heteroatoms. The zero-order valence-corrected chi connectivity index (χ0v) is 11.2. The van der Waals surface area contributed by atoms with E-state index in [1.165, 1.54) is 0 Å². The van der Waals surface area contributed by atoms with Gasteiger partial charge in [0.1, 0.15) is 5.60 Å². The molecule has 0 heterocycles. The van der Waals surface area contributed by atoms with E-state index in [0.717, 1.165) is 16.5 Å². The lowest BCUT2D eigenvalue weighted by atomic mass is 9.81. The summed E-state index contributed by atoms with van der Waals surface area (Å²) in [5.41, 5.74) is -0.290. The molecule has 16 heavy (non-hydrogen) atoms. The number of benzene rings is 1. The average Bonchev–Trinajstić information content (AvgIpc) is 2.26. The van der Waals surface area contributed by atoms with Gasteiger partial charge < -0.3 is 5.11 Å². The summed E-state index contributed by atoms with van der Waals surface area (Å²) in [6.07, 6.45) is 1.60. The first-order valence-electron chi connectivity index (χ1n) is 5.40. The van der Waals surface area contributed by atoms with Gasteiger partial charge in [0.2, 0.25) is 0 Å². The predicted molar refractivity (Wildman–Crippen MR) is 67.7 cm³/mol. The van der Waals surface area contributed by atoms with Gasteiger partial charge in [-0.3, -0.25) is 0 Å². The third-order valence-corrected chi connectivity index (χ3v) is 3.37. The first kappa shape index (κ1) is 13.2. The quantitative estimate of drug-likeness (QED) is 0.917. The Morgan fingerprint density at radius 3 is 2.44 bits per heavy atom. The molecule has 1 aromatic rings. The van der Waals surface area contributed by atoms with Crippen LogP contribution in [0.2, 0.25) is 0 Å². The second-order valence-electron chi connectivity index (χ2n) is 4.12. The van der Waals surface area contributed by atoms with Crippen molar-refractivity contribution in [2.45, 2.75) is 32.3 Å². The number of nitrogens with zero attached hydrogens (tertiary/aromatic N) is 1. The van der Waals surface area contributed by atoms with Crippen molar-refractivity contribution in [3.8, 4) is 6.07 Å². The van der Waals surface area contributed by atoms with E-state index in [4.69, 9.17) is 5.26 Å². The van der Waals surface area contributed by atoms with E-state index < -0.39 is 5.60 Å². The average molecular weight is 282 g/mol. The molecule has 0 spiro atoms.